The van der Waals surface area contributed by atoms with Crippen molar-refractivity contribution in [2.75, 3.05) is 39.6 Å². The molecule has 5 atom stereocenters. The molecule has 0 bridgehead atoms. The lowest BCUT2D eigenvalue weighted by Gasteiger charge is -2.21. The van der Waals surface area contributed by atoms with Gasteiger partial charge in [0.15, 0.2) is 12.2 Å². The number of hydrogen-bond donors (Lipinski definition) is 3. The summed E-state index contributed by atoms with van der Waals surface area (Å²) in [5.74, 6) is -2.37. The number of phosphoric ester groups is 2. The molecule has 17 nitrogen and oxygen atoms in total. The lowest BCUT2D eigenvalue weighted by Crippen LogP contribution is -2.30. The standard InChI is InChI=1S/C85H136O17P2/c1-5-9-13-17-21-25-29-33-37-38-39-40-44-46-50-54-58-62-66-70-83(88)96-76-81(102-85(90)72-68-64-60-56-52-48-43-36-32-28-24-20-16-12-8-4)78-100-104(93,94)98-74-79(86)73-97-103(91,92)99-77-80(101-84(89)71-67-63-59-55-51-47-42-35-31-27-23-19-15-11-7-3)75-95-82(87)69-65-61-57-53-49-45-41-34-30-26-22-18-14-10-6-2/h9-10,12-14,16,21-28,33-37,39-43,46,49-50,53,58,62,79-81,86H,5-8,11,15,17-20,29-32,38,44-45,47-48,51-52,54-57,59-61,63-78H2,1-4H3,(H,91,92)(H,93,94)/b13-9-,14-10-,16-12-,25-21-,26-22-,27-23-,28-24-,37-33-,40-39-,41-34-,42-35-,43-36-,50-46-,53-49-,62-58-. The van der Waals surface area contributed by atoms with Crippen molar-refractivity contribution in [2.45, 2.75) is 290 Å². The average molecular weight is 1490 g/mol. The number of ether oxygens (including phenoxy) is 4. The number of unbranched alkanes of at least 4 members (excludes halogenated alkanes) is 15. The third-order valence-electron chi connectivity index (χ3n) is 15.4. The van der Waals surface area contributed by atoms with Crippen LogP contribution < -0.4 is 0 Å². The predicted octanol–water partition coefficient (Wildman–Crippen LogP) is 22.8. The summed E-state index contributed by atoms with van der Waals surface area (Å²) in [5.41, 5.74) is 0. The number of aliphatic hydroxyl groups excluding tert-OH is 1. The van der Waals surface area contributed by atoms with Crippen molar-refractivity contribution in [3.05, 3.63) is 182 Å². The van der Waals surface area contributed by atoms with Crippen molar-refractivity contribution in [1.29, 1.82) is 0 Å². The smallest absolute Gasteiger partial charge is 0.462 e. The Hall–Kier alpha value is -5.84. The largest absolute Gasteiger partial charge is 0.472 e. The molecule has 0 aromatic rings. The van der Waals surface area contributed by atoms with Crippen LogP contribution in [0.5, 0.6) is 0 Å². The highest BCUT2D eigenvalue weighted by atomic mass is 31.2. The lowest BCUT2D eigenvalue weighted by atomic mass is 10.1. The highest BCUT2D eigenvalue weighted by molar-refractivity contribution is 7.47. The van der Waals surface area contributed by atoms with Gasteiger partial charge in [-0.3, -0.25) is 37.3 Å². The monoisotopic (exact) mass is 1490 g/mol. The van der Waals surface area contributed by atoms with Gasteiger partial charge in [0, 0.05) is 25.7 Å². The lowest BCUT2D eigenvalue weighted by molar-refractivity contribution is -0.161. The summed E-state index contributed by atoms with van der Waals surface area (Å²) in [6.07, 6.45) is 90.4. The third kappa shape index (κ3) is 74.4. The second-order valence-electron chi connectivity index (χ2n) is 25.1. The zero-order chi connectivity index (χ0) is 76.0. The predicted molar refractivity (Wildman–Crippen MR) is 426 cm³/mol. The van der Waals surface area contributed by atoms with Crippen LogP contribution in [0.25, 0.3) is 0 Å². The molecule has 0 rings (SSSR count). The number of hydrogen-bond acceptors (Lipinski definition) is 15. The molecule has 0 aliphatic carbocycles. The molecule has 5 unspecified atom stereocenters. The van der Waals surface area contributed by atoms with Gasteiger partial charge in [-0.1, -0.05) is 261 Å². The fourth-order valence-corrected chi connectivity index (χ4v) is 11.1. The van der Waals surface area contributed by atoms with E-state index < -0.39 is 97.5 Å². The van der Waals surface area contributed by atoms with Crippen molar-refractivity contribution in [3.8, 4) is 0 Å². The van der Waals surface area contributed by atoms with Crippen LogP contribution >= 0.6 is 15.6 Å². The van der Waals surface area contributed by atoms with Gasteiger partial charge in [-0.15, -0.1) is 0 Å². The molecule has 0 amide bonds. The van der Waals surface area contributed by atoms with Gasteiger partial charge in [0.05, 0.1) is 26.4 Å². The first-order valence-corrected chi connectivity index (χ1v) is 42.0. The van der Waals surface area contributed by atoms with Crippen LogP contribution in [0.15, 0.2) is 182 Å². The van der Waals surface area contributed by atoms with Crippen LogP contribution in [0.2, 0.25) is 0 Å². The van der Waals surface area contributed by atoms with E-state index in [9.17, 15) is 43.2 Å². The zero-order valence-corrected chi connectivity index (χ0v) is 65.9. The molecule has 0 radical (unpaired) electrons. The average Bonchev–Trinajstić information content (AvgIpc) is 0.918. The topological polar surface area (TPSA) is 237 Å². The van der Waals surface area contributed by atoms with Crippen LogP contribution in [-0.2, 0) is 65.4 Å². The molecule has 588 valence electrons. The molecule has 0 aliphatic heterocycles. The molecule has 0 saturated heterocycles. The molecule has 3 N–H and O–H groups in total. The van der Waals surface area contributed by atoms with Crippen LogP contribution in [0.4, 0.5) is 0 Å². The molecule has 0 fully saturated rings. The molecule has 0 aliphatic rings. The van der Waals surface area contributed by atoms with E-state index in [1.54, 1.807) is 0 Å². The normalized spacial score (nSPS) is 14.9. The van der Waals surface area contributed by atoms with Gasteiger partial charge >= 0.3 is 39.5 Å². The number of allylic oxidation sites excluding steroid dienone is 30. The first-order valence-electron chi connectivity index (χ1n) is 39.0. The Balaban J connectivity index is 5.50. The maximum absolute atomic E-state index is 13.1. The zero-order valence-electron chi connectivity index (χ0n) is 64.1. The van der Waals surface area contributed by atoms with Crippen LogP contribution in [0, 0.1) is 0 Å². The Morgan fingerprint density at radius 1 is 0.279 bits per heavy atom. The highest BCUT2D eigenvalue weighted by Gasteiger charge is 2.30. The molecule has 0 heterocycles. The number of phosphoric acid groups is 2. The maximum Gasteiger partial charge on any atom is 0.472 e. The van der Waals surface area contributed by atoms with E-state index >= 15 is 0 Å². The summed E-state index contributed by atoms with van der Waals surface area (Å²) in [5, 5.41) is 10.6. The first-order chi connectivity index (χ1) is 50.7. The van der Waals surface area contributed by atoms with Gasteiger partial charge in [0.1, 0.15) is 19.3 Å². The Bertz CT molecular complexity index is 2690. The van der Waals surface area contributed by atoms with Gasteiger partial charge in [-0.25, -0.2) is 9.13 Å². The van der Waals surface area contributed by atoms with Crippen molar-refractivity contribution in [2.24, 2.45) is 0 Å². The van der Waals surface area contributed by atoms with E-state index in [0.29, 0.717) is 32.1 Å². The Kier molecular flexibility index (Phi) is 71.2. The van der Waals surface area contributed by atoms with Crippen LogP contribution in [-0.4, -0.2) is 96.7 Å². The number of carbonyl (C=O) groups excluding carboxylic acids is 4. The van der Waals surface area contributed by atoms with E-state index in [0.717, 1.165) is 167 Å². The van der Waals surface area contributed by atoms with E-state index in [1.807, 2.05) is 18.2 Å². The Morgan fingerprint density at radius 3 is 0.846 bits per heavy atom. The van der Waals surface area contributed by atoms with Crippen molar-refractivity contribution < 1.29 is 80.2 Å². The van der Waals surface area contributed by atoms with Crippen LogP contribution in [0.1, 0.15) is 272 Å². The quantitative estimate of drug-likeness (QED) is 0.0169. The summed E-state index contributed by atoms with van der Waals surface area (Å²) in [6, 6.07) is 0. The minimum absolute atomic E-state index is 0.0243. The highest BCUT2D eigenvalue weighted by Crippen LogP contribution is 2.45. The van der Waals surface area contributed by atoms with Crippen molar-refractivity contribution in [1.82, 2.24) is 0 Å². The molecule has 104 heavy (non-hydrogen) atoms. The van der Waals surface area contributed by atoms with Gasteiger partial charge in [0.25, 0.3) is 0 Å². The minimum atomic E-state index is -5.01. The molecule has 19 heteroatoms. The fraction of sp³-hybridized carbons (Fsp3) is 0.600. The number of carbonyl (C=O) groups is 4. The van der Waals surface area contributed by atoms with Crippen LogP contribution in [0.3, 0.4) is 0 Å². The van der Waals surface area contributed by atoms with Gasteiger partial charge in [-0.2, -0.15) is 0 Å². The van der Waals surface area contributed by atoms with Crippen molar-refractivity contribution in [3.63, 3.8) is 0 Å². The second kappa shape index (κ2) is 75.4. The molecule has 0 spiro atoms. The first kappa shape index (κ1) is 98.2. The molecule has 0 saturated carbocycles. The summed E-state index contributed by atoms with van der Waals surface area (Å²) in [7, 11) is -10.0. The second-order valence-corrected chi connectivity index (χ2v) is 28.1. The number of esters is 4. The summed E-state index contributed by atoms with van der Waals surface area (Å²) >= 11 is 0. The molecule has 0 aromatic carbocycles. The van der Waals surface area contributed by atoms with Gasteiger partial charge in [0.2, 0.25) is 0 Å². The molecular weight excluding hydrogens is 1350 g/mol. The number of aliphatic hydroxyl groups is 1. The maximum atomic E-state index is 13.1. The SMILES string of the molecule is CC/C=C\C/C=C\C/C=C\C/C=C\C/C=C\C/C=C\CCC(=O)OCC(COP(=O)(O)OCC(O)COP(=O)(O)OCC(COC(=O)CCCC/C=C\C/C=C\C/C=C\C/C=C\CC)OC(=O)CCCCCCC/C=C\C/C=C\CCCCC)OC(=O)CCCCCCC/C=C\C/C=C\C/C=C\CC. The fourth-order valence-electron chi connectivity index (χ4n) is 9.51. The van der Waals surface area contributed by atoms with E-state index in [-0.39, 0.29) is 25.7 Å². The Labute approximate surface area is 628 Å². The molecule has 0 aromatic heterocycles. The third-order valence-corrected chi connectivity index (χ3v) is 17.3. The van der Waals surface area contributed by atoms with E-state index in [2.05, 4.69) is 192 Å². The van der Waals surface area contributed by atoms with Crippen molar-refractivity contribution >= 4 is 39.5 Å². The molecular formula is C85H136O17P2. The number of rotatable bonds is 71. The van der Waals surface area contributed by atoms with E-state index in [4.69, 9.17) is 37.0 Å². The van der Waals surface area contributed by atoms with Gasteiger partial charge in [-0.05, 0) is 167 Å². The summed E-state index contributed by atoms with van der Waals surface area (Å²) in [6.45, 7) is 4.31. The minimum Gasteiger partial charge on any atom is -0.462 e. The van der Waals surface area contributed by atoms with E-state index in [1.165, 1.54) is 19.3 Å². The Morgan fingerprint density at radius 2 is 0.519 bits per heavy atom. The van der Waals surface area contributed by atoms with Gasteiger partial charge < -0.3 is 33.8 Å². The summed E-state index contributed by atoms with van der Waals surface area (Å²) in [4.78, 5) is 72.9. The summed E-state index contributed by atoms with van der Waals surface area (Å²) < 4.78 is 68.4.